The van der Waals surface area contributed by atoms with E-state index in [0.29, 0.717) is 12.1 Å². The molecule has 3 amide bonds. The number of carbonyl (C=O) groups excluding carboxylic acids is 2. The number of amides is 3. The fraction of sp³-hybridized carbons (Fsp3) is 0.125. The Morgan fingerprint density at radius 3 is 2.45 bits per heavy atom. The van der Waals surface area contributed by atoms with Gasteiger partial charge in [0, 0.05) is 17.8 Å². The third kappa shape index (κ3) is 2.28. The van der Waals surface area contributed by atoms with Crippen molar-refractivity contribution in [2.75, 3.05) is 11.4 Å². The summed E-state index contributed by atoms with van der Waals surface area (Å²) in [7, 11) is 0. The maximum atomic E-state index is 12.2. The van der Waals surface area contributed by atoms with E-state index < -0.39 is 0 Å². The van der Waals surface area contributed by atoms with Crippen LogP contribution >= 0.6 is 0 Å². The highest BCUT2D eigenvalue weighted by atomic mass is 16.2. The summed E-state index contributed by atoms with van der Waals surface area (Å²) >= 11 is 0. The molecule has 100 valence electrons. The standard InChI is InChI=1S/C16H14N2O2/c19-15(13-7-2-1-3-8-13)17-16(20)18-11-10-12-6-4-5-9-14(12)18/h1-9H,10-11H2,(H,17,19,20). The predicted octanol–water partition coefficient (Wildman–Crippen LogP) is 2.60. The first-order valence-electron chi connectivity index (χ1n) is 6.51. The highest BCUT2D eigenvalue weighted by Gasteiger charge is 2.25. The van der Waals surface area contributed by atoms with Crippen LogP contribution in [-0.2, 0) is 6.42 Å². The van der Waals surface area contributed by atoms with Crippen LogP contribution in [-0.4, -0.2) is 18.5 Å². The van der Waals surface area contributed by atoms with Gasteiger partial charge in [0.25, 0.3) is 5.91 Å². The van der Waals surface area contributed by atoms with E-state index in [1.165, 1.54) is 0 Å². The molecule has 0 aliphatic carbocycles. The fourth-order valence-corrected chi connectivity index (χ4v) is 2.38. The lowest BCUT2D eigenvalue weighted by atomic mass is 10.2. The highest BCUT2D eigenvalue weighted by molar-refractivity contribution is 6.09. The molecule has 3 rings (SSSR count). The molecule has 1 aliphatic heterocycles. The number of hydrogen-bond acceptors (Lipinski definition) is 2. The van der Waals surface area contributed by atoms with E-state index in [4.69, 9.17) is 0 Å². The van der Waals surface area contributed by atoms with Crippen LogP contribution in [0.15, 0.2) is 54.6 Å². The minimum atomic E-state index is -0.375. The van der Waals surface area contributed by atoms with Crippen molar-refractivity contribution >= 4 is 17.6 Å². The molecule has 0 spiro atoms. The quantitative estimate of drug-likeness (QED) is 0.862. The molecule has 0 saturated heterocycles. The number of benzene rings is 2. The molecule has 4 nitrogen and oxygen atoms in total. The largest absolute Gasteiger partial charge is 0.328 e. The van der Waals surface area contributed by atoms with E-state index in [-0.39, 0.29) is 11.9 Å². The van der Waals surface area contributed by atoms with Crippen LogP contribution in [0.5, 0.6) is 0 Å². The summed E-state index contributed by atoms with van der Waals surface area (Å²) in [6, 6.07) is 16.1. The van der Waals surface area contributed by atoms with Gasteiger partial charge in [0.2, 0.25) is 0 Å². The van der Waals surface area contributed by atoms with Gasteiger partial charge < -0.3 is 0 Å². The second-order valence-electron chi connectivity index (χ2n) is 4.66. The summed E-state index contributed by atoms with van der Waals surface area (Å²) in [5, 5.41) is 2.43. The van der Waals surface area contributed by atoms with Gasteiger partial charge in [-0.15, -0.1) is 0 Å². The number of carbonyl (C=O) groups is 2. The Hall–Kier alpha value is -2.62. The average Bonchev–Trinajstić information content (AvgIpc) is 2.92. The Morgan fingerprint density at radius 2 is 1.65 bits per heavy atom. The first-order chi connectivity index (χ1) is 9.75. The van der Waals surface area contributed by atoms with Crippen LogP contribution < -0.4 is 10.2 Å². The summed E-state index contributed by atoms with van der Waals surface area (Å²) in [5.74, 6) is -0.375. The number of rotatable bonds is 1. The van der Waals surface area contributed by atoms with Gasteiger partial charge in [-0.2, -0.15) is 0 Å². The lowest BCUT2D eigenvalue weighted by Crippen LogP contribution is -2.42. The van der Waals surface area contributed by atoms with Crippen molar-refractivity contribution in [1.82, 2.24) is 5.32 Å². The number of imide groups is 1. The number of nitrogens with one attached hydrogen (secondary N) is 1. The van der Waals surface area contributed by atoms with E-state index in [1.54, 1.807) is 29.2 Å². The summed E-state index contributed by atoms with van der Waals surface area (Å²) < 4.78 is 0. The average molecular weight is 266 g/mol. The minimum absolute atomic E-state index is 0.371. The van der Waals surface area contributed by atoms with Crippen molar-refractivity contribution in [3.05, 3.63) is 65.7 Å². The molecule has 2 aromatic rings. The first-order valence-corrected chi connectivity index (χ1v) is 6.51. The predicted molar refractivity (Wildman–Crippen MR) is 76.8 cm³/mol. The number of urea groups is 1. The Labute approximate surface area is 117 Å². The molecule has 0 saturated carbocycles. The monoisotopic (exact) mass is 266 g/mol. The molecule has 1 N–H and O–H groups in total. The van der Waals surface area contributed by atoms with E-state index in [2.05, 4.69) is 5.32 Å². The van der Waals surface area contributed by atoms with Gasteiger partial charge in [-0.05, 0) is 30.2 Å². The number of para-hydroxylation sites is 1. The maximum Gasteiger partial charge on any atom is 0.328 e. The molecule has 1 heterocycles. The van der Waals surface area contributed by atoms with Crippen LogP contribution in [0.2, 0.25) is 0 Å². The summed E-state index contributed by atoms with van der Waals surface area (Å²) in [5.41, 5.74) is 2.49. The number of anilines is 1. The van der Waals surface area contributed by atoms with Gasteiger partial charge in [0.15, 0.2) is 0 Å². The summed E-state index contributed by atoms with van der Waals surface area (Å²) in [4.78, 5) is 25.8. The maximum absolute atomic E-state index is 12.2. The molecule has 0 fully saturated rings. The molecule has 2 aromatic carbocycles. The van der Waals surface area contributed by atoms with Crippen molar-refractivity contribution in [3.8, 4) is 0 Å². The van der Waals surface area contributed by atoms with Crippen molar-refractivity contribution < 1.29 is 9.59 Å². The smallest absolute Gasteiger partial charge is 0.294 e. The Morgan fingerprint density at radius 1 is 0.950 bits per heavy atom. The SMILES string of the molecule is O=C(NC(=O)N1CCc2ccccc21)c1ccccc1. The Bertz CT molecular complexity index is 653. The molecule has 0 atom stereocenters. The number of fused-ring (bicyclic) bond motifs is 1. The van der Waals surface area contributed by atoms with E-state index in [0.717, 1.165) is 17.7 Å². The zero-order chi connectivity index (χ0) is 13.9. The molecule has 0 unspecified atom stereocenters. The van der Waals surface area contributed by atoms with Gasteiger partial charge in [-0.3, -0.25) is 15.0 Å². The lowest BCUT2D eigenvalue weighted by molar-refractivity contribution is 0.0965. The van der Waals surface area contributed by atoms with E-state index in [9.17, 15) is 9.59 Å². The van der Waals surface area contributed by atoms with E-state index in [1.807, 2.05) is 30.3 Å². The molecule has 0 aromatic heterocycles. The Balaban J connectivity index is 1.74. The normalized spacial score (nSPS) is 12.9. The zero-order valence-electron chi connectivity index (χ0n) is 10.9. The van der Waals surface area contributed by atoms with Crippen molar-refractivity contribution in [2.24, 2.45) is 0 Å². The van der Waals surface area contributed by atoms with Crippen molar-refractivity contribution in [3.63, 3.8) is 0 Å². The third-order valence-corrected chi connectivity index (χ3v) is 3.39. The van der Waals surface area contributed by atoms with Gasteiger partial charge in [-0.25, -0.2) is 4.79 Å². The number of hydrogen-bond donors (Lipinski definition) is 1. The van der Waals surface area contributed by atoms with Gasteiger partial charge in [0.05, 0.1) is 0 Å². The Kier molecular flexibility index (Phi) is 3.21. The summed E-state index contributed by atoms with van der Waals surface area (Å²) in [6.07, 6.45) is 0.823. The minimum Gasteiger partial charge on any atom is -0.294 e. The van der Waals surface area contributed by atoms with Crippen LogP contribution in [0.1, 0.15) is 15.9 Å². The van der Waals surface area contributed by atoms with Crippen LogP contribution in [0, 0.1) is 0 Å². The molecule has 0 bridgehead atoms. The highest BCUT2D eigenvalue weighted by Crippen LogP contribution is 2.27. The molecule has 4 heteroatoms. The van der Waals surface area contributed by atoms with Crippen LogP contribution in [0.25, 0.3) is 0 Å². The molecular weight excluding hydrogens is 252 g/mol. The molecule has 20 heavy (non-hydrogen) atoms. The molecular formula is C16H14N2O2. The van der Waals surface area contributed by atoms with Crippen LogP contribution in [0.3, 0.4) is 0 Å². The van der Waals surface area contributed by atoms with E-state index >= 15 is 0 Å². The second kappa shape index (κ2) is 5.17. The lowest BCUT2D eigenvalue weighted by Gasteiger charge is -2.17. The van der Waals surface area contributed by atoms with Crippen molar-refractivity contribution in [2.45, 2.75) is 6.42 Å². The van der Waals surface area contributed by atoms with Gasteiger partial charge in [0.1, 0.15) is 0 Å². The zero-order valence-corrected chi connectivity index (χ0v) is 10.9. The fourth-order valence-electron chi connectivity index (χ4n) is 2.38. The summed E-state index contributed by atoms with van der Waals surface area (Å²) in [6.45, 7) is 0.604. The second-order valence-corrected chi connectivity index (χ2v) is 4.66. The molecule has 0 radical (unpaired) electrons. The third-order valence-electron chi connectivity index (χ3n) is 3.39. The van der Waals surface area contributed by atoms with Gasteiger partial charge >= 0.3 is 6.03 Å². The van der Waals surface area contributed by atoms with Crippen LogP contribution in [0.4, 0.5) is 10.5 Å². The first kappa shape index (κ1) is 12.4. The topological polar surface area (TPSA) is 49.4 Å². The van der Waals surface area contributed by atoms with Crippen molar-refractivity contribution in [1.29, 1.82) is 0 Å². The van der Waals surface area contributed by atoms with Gasteiger partial charge in [-0.1, -0.05) is 36.4 Å². The number of nitrogens with zero attached hydrogens (tertiary/aromatic N) is 1. The molecule has 1 aliphatic rings.